The third-order valence-electron chi connectivity index (χ3n) is 4.18. The molecular formula is C18H14N4O3S2. The van der Waals surface area contributed by atoms with Crippen molar-refractivity contribution in [3.8, 4) is 0 Å². The maximum atomic E-state index is 12.5. The number of amides is 3. The Labute approximate surface area is 163 Å². The maximum absolute atomic E-state index is 12.5. The number of rotatable bonds is 4. The fourth-order valence-corrected chi connectivity index (χ4v) is 4.27. The average molecular weight is 398 g/mol. The van der Waals surface area contributed by atoms with Gasteiger partial charge in [-0.25, -0.2) is 0 Å². The van der Waals surface area contributed by atoms with Crippen molar-refractivity contribution < 1.29 is 14.4 Å². The molecule has 3 amide bonds. The predicted octanol–water partition coefficient (Wildman–Crippen LogP) is 2.66. The van der Waals surface area contributed by atoms with Crippen LogP contribution in [0.1, 0.15) is 32.5 Å². The lowest BCUT2D eigenvalue weighted by Gasteiger charge is -2.21. The van der Waals surface area contributed by atoms with Gasteiger partial charge in [0.1, 0.15) is 6.67 Å². The molecule has 1 aromatic carbocycles. The molecule has 0 atom stereocenters. The van der Waals surface area contributed by atoms with E-state index in [0.717, 1.165) is 15.5 Å². The SMILES string of the molecule is C/C(=N\N=C1/SCC(=O)N1CN1C(=O)c2ccccc2C1=O)c1cccs1. The number of benzene rings is 1. The second-order valence-electron chi connectivity index (χ2n) is 5.88. The van der Waals surface area contributed by atoms with E-state index in [-0.39, 0.29) is 18.3 Å². The van der Waals surface area contributed by atoms with Crippen molar-refractivity contribution in [1.29, 1.82) is 0 Å². The Morgan fingerprint density at radius 2 is 1.74 bits per heavy atom. The molecule has 0 bridgehead atoms. The van der Waals surface area contributed by atoms with Crippen molar-refractivity contribution >= 4 is 51.7 Å². The molecule has 0 unspecified atom stereocenters. The number of fused-ring (bicyclic) bond motifs is 1. The number of carbonyl (C=O) groups excluding carboxylic acids is 3. The van der Waals surface area contributed by atoms with Crippen molar-refractivity contribution in [1.82, 2.24) is 9.80 Å². The summed E-state index contributed by atoms with van der Waals surface area (Å²) in [5, 5.41) is 10.7. The van der Waals surface area contributed by atoms with Gasteiger partial charge in [0.2, 0.25) is 5.91 Å². The number of hydrogen-bond acceptors (Lipinski definition) is 7. The summed E-state index contributed by atoms with van der Waals surface area (Å²) in [5.41, 5.74) is 1.44. The molecule has 27 heavy (non-hydrogen) atoms. The number of carbonyl (C=O) groups is 3. The van der Waals surface area contributed by atoms with Gasteiger partial charge in [0.25, 0.3) is 11.8 Å². The molecule has 0 spiro atoms. The van der Waals surface area contributed by atoms with E-state index in [9.17, 15) is 14.4 Å². The summed E-state index contributed by atoms with van der Waals surface area (Å²) < 4.78 is 0. The van der Waals surface area contributed by atoms with Crippen LogP contribution in [0.3, 0.4) is 0 Å². The van der Waals surface area contributed by atoms with E-state index in [0.29, 0.717) is 16.3 Å². The first kappa shape index (κ1) is 17.6. The van der Waals surface area contributed by atoms with Gasteiger partial charge < -0.3 is 0 Å². The third kappa shape index (κ3) is 3.19. The van der Waals surface area contributed by atoms with Crippen LogP contribution in [-0.2, 0) is 4.79 Å². The molecule has 0 aliphatic carbocycles. The number of amidine groups is 1. The summed E-state index contributed by atoms with van der Waals surface area (Å²) in [6.07, 6.45) is 0. The summed E-state index contributed by atoms with van der Waals surface area (Å²) >= 11 is 2.79. The minimum absolute atomic E-state index is 0.162. The van der Waals surface area contributed by atoms with E-state index in [1.807, 2.05) is 24.4 Å². The molecule has 1 fully saturated rings. The molecule has 0 saturated carbocycles. The lowest BCUT2D eigenvalue weighted by molar-refractivity contribution is -0.124. The van der Waals surface area contributed by atoms with Crippen LogP contribution in [-0.4, -0.2) is 50.8 Å². The Bertz CT molecular complexity index is 963. The van der Waals surface area contributed by atoms with Gasteiger partial charge in [-0.05, 0) is 30.5 Å². The lowest BCUT2D eigenvalue weighted by atomic mass is 10.1. The zero-order valence-corrected chi connectivity index (χ0v) is 15.9. The summed E-state index contributed by atoms with van der Waals surface area (Å²) in [6, 6.07) is 10.5. The minimum atomic E-state index is -0.405. The molecule has 2 aliphatic heterocycles. The van der Waals surface area contributed by atoms with Gasteiger partial charge in [-0.2, -0.15) is 5.10 Å². The monoisotopic (exact) mass is 398 g/mol. The van der Waals surface area contributed by atoms with Gasteiger partial charge in [-0.3, -0.25) is 24.2 Å². The smallest absolute Gasteiger partial charge is 0.263 e. The van der Waals surface area contributed by atoms with Crippen LogP contribution >= 0.6 is 23.1 Å². The van der Waals surface area contributed by atoms with Crippen LogP contribution in [0.4, 0.5) is 0 Å². The van der Waals surface area contributed by atoms with Crippen LogP contribution in [0.25, 0.3) is 0 Å². The van der Waals surface area contributed by atoms with Gasteiger partial charge in [0.05, 0.1) is 27.5 Å². The van der Waals surface area contributed by atoms with Gasteiger partial charge >= 0.3 is 0 Å². The fraction of sp³-hybridized carbons (Fsp3) is 0.167. The van der Waals surface area contributed by atoms with Gasteiger partial charge in [0.15, 0.2) is 5.17 Å². The molecule has 4 rings (SSSR count). The second kappa shape index (κ2) is 7.09. The normalized spacial score (nSPS) is 18.8. The number of hydrogen-bond donors (Lipinski definition) is 0. The summed E-state index contributed by atoms with van der Waals surface area (Å²) in [5.74, 6) is -0.814. The maximum Gasteiger partial charge on any atom is 0.263 e. The summed E-state index contributed by atoms with van der Waals surface area (Å²) in [4.78, 5) is 40.7. The van der Waals surface area contributed by atoms with Crippen molar-refractivity contribution in [2.75, 3.05) is 12.4 Å². The highest BCUT2D eigenvalue weighted by molar-refractivity contribution is 8.15. The van der Waals surface area contributed by atoms with Gasteiger partial charge in [0, 0.05) is 0 Å². The van der Waals surface area contributed by atoms with E-state index in [2.05, 4.69) is 10.2 Å². The van der Waals surface area contributed by atoms with Crippen molar-refractivity contribution in [3.63, 3.8) is 0 Å². The largest absolute Gasteiger partial charge is 0.273 e. The molecule has 1 saturated heterocycles. The van der Waals surface area contributed by atoms with Crippen LogP contribution in [0.5, 0.6) is 0 Å². The Hall–Kier alpha value is -2.78. The molecule has 136 valence electrons. The summed E-state index contributed by atoms with van der Waals surface area (Å²) in [6.45, 7) is 1.68. The van der Waals surface area contributed by atoms with Crippen LogP contribution in [0.2, 0.25) is 0 Å². The average Bonchev–Trinajstić information content (AvgIpc) is 3.38. The van der Waals surface area contributed by atoms with Crippen LogP contribution in [0, 0.1) is 0 Å². The first-order chi connectivity index (χ1) is 13.1. The molecule has 1 aromatic heterocycles. The highest BCUT2D eigenvalue weighted by atomic mass is 32.2. The van der Waals surface area contributed by atoms with Crippen molar-refractivity contribution in [2.24, 2.45) is 10.2 Å². The number of nitrogens with zero attached hydrogens (tertiary/aromatic N) is 4. The molecule has 7 nitrogen and oxygen atoms in total. The minimum Gasteiger partial charge on any atom is -0.273 e. The van der Waals surface area contributed by atoms with E-state index in [4.69, 9.17) is 0 Å². The van der Waals surface area contributed by atoms with Crippen LogP contribution < -0.4 is 0 Å². The predicted molar refractivity (Wildman–Crippen MR) is 105 cm³/mol. The molecule has 2 aromatic rings. The third-order valence-corrected chi connectivity index (χ3v) is 6.11. The van der Waals surface area contributed by atoms with E-state index in [1.165, 1.54) is 16.7 Å². The Kier molecular flexibility index (Phi) is 4.63. The highest BCUT2D eigenvalue weighted by Crippen LogP contribution is 2.26. The fourth-order valence-electron chi connectivity index (χ4n) is 2.77. The number of thiophene rings is 1. The lowest BCUT2D eigenvalue weighted by Crippen LogP contribution is -2.43. The molecule has 0 N–H and O–H groups in total. The van der Waals surface area contributed by atoms with Crippen molar-refractivity contribution in [2.45, 2.75) is 6.92 Å². The van der Waals surface area contributed by atoms with E-state index in [1.54, 1.807) is 35.6 Å². The Balaban J connectivity index is 1.57. The first-order valence-electron chi connectivity index (χ1n) is 8.11. The van der Waals surface area contributed by atoms with Crippen LogP contribution in [0.15, 0.2) is 52.0 Å². The molecule has 3 heterocycles. The highest BCUT2D eigenvalue weighted by Gasteiger charge is 2.39. The number of thioether (sulfide) groups is 1. The Morgan fingerprint density at radius 3 is 2.37 bits per heavy atom. The quantitative estimate of drug-likeness (QED) is 0.450. The number of imide groups is 1. The zero-order chi connectivity index (χ0) is 19.0. The summed E-state index contributed by atoms with van der Waals surface area (Å²) in [7, 11) is 0. The van der Waals surface area contributed by atoms with E-state index < -0.39 is 11.8 Å². The molecule has 9 heteroatoms. The van der Waals surface area contributed by atoms with Gasteiger partial charge in [-0.1, -0.05) is 30.0 Å². The zero-order valence-electron chi connectivity index (χ0n) is 14.3. The van der Waals surface area contributed by atoms with Crippen molar-refractivity contribution in [3.05, 3.63) is 57.8 Å². The topological polar surface area (TPSA) is 82.4 Å². The van der Waals surface area contributed by atoms with Gasteiger partial charge in [-0.15, -0.1) is 16.4 Å². The first-order valence-corrected chi connectivity index (χ1v) is 9.97. The molecular weight excluding hydrogens is 384 g/mol. The van der Waals surface area contributed by atoms with E-state index >= 15 is 0 Å². The standard InChI is InChI=1S/C18H14N4O3S2/c1-11(14-7-4-8-26-14)19-20-18-21(15(23)9-27-18)10-22-16(24)12-5-2-3-6-13(12)17(22)25/h2-8H,9-10H2,1H3/b19-11+,20-18-. The second-order valence-corrected chi connectivity index (χ2v) is 7.77. The Morgan fingerprint density at radius 1 is 1.04 bits per heavy atom. The molecule has 2 aliphatic rings. The molecule has 0 radical (unpaired) electrons.